The number of aromatic nitrogens is 1. The summed E-state index contributed by atoms with van der Waals surface area (Å²) >= 11 is 0. The molecule has 2 spiro atoms. The number of nitrogens with zero attached hydrogens (tertiary/aromatic N) is 1. The van der Waals surface area contributed by atoms with E-state index >= 15 is 0 Å². The van der Waals surface area contributed by atoms with E-state index in [2.05, 4.69) is 34.1 Å². The fourth-order valence-corrected chi connectivity index (χ4v) is 6.30. The molecule has 1 N–H and O–H groups in total. The number of aromatic amines is 1. The second kappa shape index (κ2) is 5.60. The second-order valence-electron chi connectivity index (χ2n) is 9.27. The zero-order valence-corrected chi connectivity index (χ0v) is 15.9. The first-order chi connectivity index (χ1) is 13.2. The van der Waals surface area contributed by atoms with Gasteiger partial charge in [0.2, 0.25) is 5.91 Å². The average Bonchev–Trinajstić information content (AvgIpc) is 3.02. The Morgan fingerprint density at radius 2 is 1.89 bits per heavy atom. The third kappa shape index (κ3) is 2.29. The summed E-state index contributed by atoms with van der Waals surface area (Å²) in [7, 11) is 0. The first-order valence-corrected chi connectivity index (χ1v) is 10.7. The number of H-pyrrole nitrogens is 1. The van der Waals surface area contributed by atoms with Crippen LogP contribution < -0.4 is 0 Å². The van der Waals surface area contributed by atoms with Crippen molar-refractivity contribution in [2.24, 2.45) is 11.3 Å². The Morgan fingerprint density at radius 1 is 1.11 bits per heavy atom. The van der Waals surface area contributed by atoms with Gasteiger partial charge in [-0.25, -0.2) is 0 Å². The standard InChI is InChI=1S/C23H28N2O2/c26-21(18-15-22(18)8-3-4-9-22)25-12-10-23(11-13-25)20-17(7-14-27-23)16-5-1-2-6-19(16)24-20/h1-2,5-6,18,24H,3-4,7-15H2. The zero-order chi connectivity index (χ0) is 18.1. The van der Waals surface area contributed by atoms with Gasteiger partial charge in [-0.05, 0) is 55.6 Å². The van der Waals surface area contributed by atoms with Gasteiger partial charge in [0, 0.05) is 29.9 Å². The summed E-state index contributed by atoms with van der Waals surface area (Å²) in [5.41, 5.74) is 4.10. The monoisotopic (exact) mass is 364 g/mol. The minimum Gasteiger partial charge on any atom is -0.368 e. The van der Waals surface area contributed by atoms with E-state index < -0.39 is 0 Å². The van der Waals surface area contributed by atoms with Gasteiger partial charge in [-0.3, -0.25) is 4.79 Å². The predicted octanol–water partition coefficient (Wildman–Crippen LogP) is 4.14. The van der Waals surface area contributed by atoms with E-state index in [1.54, 1.807) is 0 Å². The smallest absolute Gasteiger partial charge is 0.226 e. The number of benzene rings is 1. The lowest BCUT2D eigenvalue weighted by Crippen LogP contribution is -2.49. The van der Waals surface area contributed by atoms with Crippen LogP contribution in [0, 0.1) is 11.3 Å². The molecule has 3 fully saturated rings. The van der Waals surface area contributed by atoms with Crippen LogP contribution in [0.1, 0.15) is 56.2 Å². The molecule has 4 aliphatic rings. The first-order valence-electron chi connectivity index (χ1n) is 10.7. The molecule has 2 aliphatic carbocycles. The lowest BCUT2D eigenvalue weighted by molar-refractivity contribution is -0.143. The lowest BCUT2D eigenvalue weighted by Gasteiger charge is -2.44. The van der Waals surface area contributed by atoms with Gasteiger partial charge in [0.1, 0.15) is 5.60 Å². The van der Waals surface area contributed by atoms with Crippen molar-refractivity contribution in [1.82, 2.24) is 9.88 Å². The highest BCUT2D eigenvalue weighted by Gasteiger charge is 2.60. The van der Waals surface area contributed by atoms with Gasteiger partial charge >= 0.3 is 0 Å². The highest BCUT2D eigenvalue weighted by atomic mass is 16.5. The van der Waals surface area contributed by atoms with E-state index in [1.807, 2.05) is 0 Å². The molecule has 2 aliphatic heterocycles. The van der Waals surface area contributed by atoms with Crippen molar-refractivity contribution in [1.29, 1.82) is 0 Å². The van der Waals surface area contributed by atoms with Crippen LogP contribution in [0.2, 0.25) is 0 Å². The molecule has 1 amide bonds. The molecule has 4 heteroatoms. The minimum atomic E-state index is -0.224. The Morgan fingerprint density at radius 3 is 2.70 bits per heavy atom. The molecule has 0 radical (unpaired) electrons. The Kier molecular flexibility index (Phi) is 3.36. The van der Waals surface area contributed by atoms with Crippen LogP contribution in [-0.4, -0.2) is 35.5 Å². The number of hydrogen-bond donors (Lipinski definition) is 1. The van der Waals surface area contributed by atoms with Crippen molar-refractivity contribution in [3.8, 4) is 0 Å². The Hall–Kier alpha value is -1.81. The van der Waals surface area contributed by atoms with Gasteiger partial charge in [-0.2, -0.15) is 0 Å². The molecule has 27 heavy (non-hydrogen) atoms. The quantitative estimate of drug-likeness (QED) is 0.827. The summed E-state index contributed by atoms with van der Waals surface area (Å²) in [6.45, 7) is 2.45. The summed E-state index contributed by atoms with van der Waals surface area (Å²) in [6.07, 6.45) is 9.17. The normalized spacial score (nSPS) is 28.0. The fourth-order valence-electron chi connectivity index (χ4n) is 6.30. The van der Waals surface area contributed by atoms with Crippen LogP contribution in [0.25, 0.3) is 10.9 Å². The summed E-state index contributed by atoms with van der Waals surface area (Å²) in [6, 6.07) is 8.59. The van der Waals surface area contributed by atoms with E-state index in [-0.39, 0.29) is 5.60 Å². The van der Waals surface area contributed by atoms with Crippen LogP contribution >= 0.6 is 0 Å². The molecular weight excluding hydrogens is 336 g/mol. The molecule has 142 valence electrons. The van der Waals surface area contributed by atoms with Gasteiger partial charge < -0.3 is 14.6 Å². The van der Waals surface area contributed by atoms with Crippen molar-refractivity contribution in [3.05, 3.63) is 35.5 Å². The van der Waals surface area contributed by atoms with Gasteiger partial charge in [0.25, 0.3) is 0 Å². The largest absolute Gasteiger partial charge is 0.368 e. The van der Waals surface area contributed by atoms with E-state index in [1.165, 1.54) is 47.8 Å². The Bertz CT molecular complexity index is 900. The number of ether oxygens (including phenoxy) is 1. The topological polar surface area (TPSA) is 45.3 Å². The van der Waals surface area contributed by atoms with Crippen molar-refractivity contribution < 1.29 is 9.53 Å². The fraction of sp³-hybridized carbons (Fsp3) is 0.609. The third-order valence-corrected chi connectivity index (χ3v) is 7.97. The van der Waals surface area contributed by atoms with Crippen LogP contribution in [-0.2, 0) is 21.6 Å². The number of nitrogens with one attached hydrogen (secondary N) is 1. The summed E-state index contributed by atoms with van der Waals surface area (Å²) in [5, 5.41) is 1.34. The number of amides is 1. The first kappa shape index (κ1) is 16.2. The third-order valence-electron chi connectivity index (χ3n) is 7.97. The predicted molar refractivity (Wildman–Crippen MR) is 104 cm³/mol. The maximum Gasteiger partial charge on any atom is 0.226 e. The van der Waals surface area contributed by atoms with Crippen molar-refractivity contribution in [3.63, 3.8) is 0 Å². The highest BCUT2D eigenvalue weighted by Crippen LogP contribution is 2.63. The van der Waals surface area contributed by atoms with Crippen molar-refractivity contribution >= 4 is 16.8 Å². The number of para-hydroxylation sites is 1. The molecule has 2 aromatic rings. The molecule has 1 saturated heterocycles. The number of likely N-dealkylation sites (tertiary alicyclic amines) is 1. The minimum absolute atomic E-state index is 0.224. The van der Waals surface area contributed by atoms with Gasteiger partial charge in [-0.1, -0.05) is 31.0 Å². The van der Waals surface area contributed by atoms with Crippen LogP contribution in [0.4, 0.5) is 0 Å². The van der Waals surface area contributed by atoms with E-state index in [0.29, 0.717) is 17.2 Å². The van der Waals surface area contributed by atoms with E-state index in [4.69, 9.17) is 4.74 Å². The van der Waals surface area contributed by atoms with Gasteiger partial charge in [0.15, 0.2) is 0 Å². The molecule has 0 bridgehead atoms. The highest BCUT2D eigenvalue weighted by molar-refractivity contribution is 5.85. The van der Waals surface area contributed by atoms with E-state index in [0.717, 1.165) is 45.4 Å². The maximum absolute atomic E-state index is 13.1. The van der Waals surface area contributed by atoms with Crippen LogP contribution in [0.5, 0.6) is 0 Å². The summed E-state index contributed by atoms with van der Waals surface area (Å²) < 4.78 is 6.39. The lowest BCUT2D eigenvalue weighted by atomic mass is 9.83. The molecule has 3 heterocycles. The Balaban J connectivity index is 1.23. The Labute approximate surface area is 160 Å². The van der Waals surface area contributed by atoms with Crippen LogP contribution in [0.15, 0.2) is 24.3 Å². The number of rotatable bonds is 1. The molecule has 1 aromatic heterocycles. The second-order valence-corrected chi connectivity index (χ2v) is 9.27. The SMILES string of the molecule is O=C(C1CC12CCCC2)N1CCC2(CC1)OCCc1c2[nH]c2ccccc12. The number of hydrogen-bond acceptors (Lipinski definition) is 2. The van der Waals surface area contributed by atoms with Crippen molar-refractivity contribution in [2.45, 2.75) is 57.0 Å². The molecule has 1 atom stereocenters. The zero-order valence-electron chi connectivity index (χ0n) is 15.9. The van der Waals surface area contributed by atoms with Crippen LogP contribution in [0.3, 0.4) is 0 Å². The molecule has 2 saturated carbocycles. The maximum atomic E-state index is 13.1. The number of fused-ring (bicyclic) bond motifs is 4. The number of carbonyl (C=O) groups is 1. The summed E-state index contributed by atoms with van der Waals surface area (Å²) in [4.78, 5) is 18.9. The molecule has 1 unspecified atom stereocenters. The molecule has 1 aromatic carbocycles. The molecule has 4 nitrogen and oxygen atoms in total. The van der Waals surface area contributed by atoms with Crippen molar-refractivity contribution in [2.75, 3.05) is 19.7 Å². The van der Waals surface area contributed by atoms with E-state index in [9.17, 15) is 4.79 Å². The molecular formula is C23H28N2O2. The number of carbonyl (C=O) groups excluding carboxylic acids is 1. The summed E-state index contributed by atoms with van der Waals surface area (Å²) in [5.74, 6) is 0.754. The van der Waals surface area contributed by atoms with Gasteiger partial charge in [-0.15, -0.1) is 0 Å². The average molecular weight is 364 g/mol. The number of piperidine rings is 1. The molecule has 6 rings (SSSR count). The van der Waals surface area contributed by atoms with Gasteiger partial charge in [0.05, 0.1) is 12.3 Å².